The van der Waals surface area contributed by atoms with E-state index < -0.39 is 0 Å². The first-order chi connectivity index (χ1) is 13.5. The second-order valence-corrected chi connectivity index (χ2v) is 7.13. The van der Waals surface area contributed by atoms with Crippen LogP contribution >= 0.6 is 0 Å². The van der Waals surface area contributed by atoms with Gasteiger partial charge in [-0.1, -0.05) is 24.3 Å². The van der Waals surface area contributed by atoms with Gasteiger partial charge in [0.2, 0.25) is 5.91 Å². The molecule has 0 atom stereocenters. The lowest BCUT2D eigenvalue weighted by molar-refractivity contribution is -0.122. The number of halogens is 1. The highest BCUT2D eigenvalue weighted by Crippen LogP contribution is 2.11. The average Bonchev–Trinajstić information content (AvgIpc) is 2.93. The summed E-state index contributed by atoms with van der Waals surface area (Å²) in [5.74, 6) is -0.456. The van der Waals surface area contributed by atoms with Gasteiger partial charge in [0.15, 0.2) is 0 Å². The van der Waals surface area contributed by atoms with Crippen molar-refractivity contribution in [2.75, 3.05) is 32.7 Å². The largest absolute Gasteiger partial charge is 0.351 e. The Morgan fingerprint density at radius 3 is 2.50 bits per heavy atom. The normalized spacial score (nSPS) is 15.1. The Labute approximate surface area is 165 Å². The van der Waals surface area contributed by atoms with Crippen LogP contribution in [0.1, 0.15) is 27.9 Å². The summed E-state index contributed by atoms with van der Waals surface area (Å²) < 4.78 is 13.1. The molecule has 0 spiro atoms. The third-order valence-electron chi connectivity index (χ3n) is 5.07. The van der Waals surface area contributed by atoms with E-state index in [2.05, 4.69) is 10.2 Å². The Balaban J connectivity index is 1.48. The van der Waals surface area contributed by atoms with E-state index in [0.717, 1.165) is 24.1 Å². The van der Waals surface area contributed by atoms with E-state index >= 15 is 0 Å². The zero-order valence-corrected chi connectivity index (χ0v) is 16.2. The van der Waals surface area contributed by atoms with Gasteiger partial charge in [0.05, 0.1) is 6.54 Å². The molecule has 0 aliphatic carbocycles. The standard InChI is InChI=1S/C22H26FN3O2/c1-17-5-2-3-6-19(17)15-24-21(27)16-25-11-4-12-26(14-13-25)22(28)18-7-9-20(23)10-8-18/h2-3,5-10H,4,11-16H2,1H3,(H,24,27). The monoisotopic (exact) mass is 383 g/mol. The van der Waals surface area contributed by atoms with Crippen molar-refractivity contribution in [3.05, 3.63) is 71.0 Å². The second kappa shape index (κ2) is 9.46. The fraction of sp³-hybridized carbons (Fsp3) is 0.364. The predicted octanol–water partition coefficient (Wildman–Crippen LogP) is 2.60. The van der Waals surface area contributed by atoms with Crippen LogP contribution in [0.5, 0.6) is 0 Å². The summed E-state index contributed by atoms with van der Waals surface area (Å²) in [5, 5.41) is 2.98. The number of amides is 2. The molecule has 6 heteroatoms. The summed E-state index contributed by atoms with van der Waals surface area (Å²) in [6.07, 6.45) is 0.804. The van der Waals surface area contributed by atoms with Crippen LogP contribution in [0.25, 0.3) is 0 Å². The Kier molecular flexibility index (Phi) is 6.76. The second-order valence-electron chi connectivity index (χ2n) is 7.13. The number of benzene rings is 2. The number of carbonyl (C=O) groups is 2. The lowest BCUT2D eigenvalue weighted by atomic mass is 10.1. The van der Waals surface area contributed by atoms with Gasteiger partial charge in [-0.15, -0.1) is 0 Å². The number of nitrogens with zero attached hydrogens (tertiary/aromatic N) is 2. The predicted molar refractivity (Wildman–Crippen MR) is 106 cm³/mol. The van der Waals surface area contributed by atoms with Crippen LogP contribution in [0.4, 0.5) is 4.39 Å². The van der Waals surface area contributed by atoms with Crippen molar-refractivity contribution < 1.29 is 14.0 Å². The van der Waals surface area contributed by atoms with Crippen molar-refractivity contribution in [2.45, 2.75) is 19.9 Å². The molecule has 1 saturated heterocycles. The molecule has 1 aliphatic rings. The number of hydrogen-bond acceptors (Lipinski definition) is 3. The van der Waals surface area contributed by atoms with Crippen molar-refractivity contribution in [3.8, 4) is 0 Å². The van der Waals surface area contributed by atoms with Crippen LogP contribution in [-0.2, 0) is 11.3 Å². The van der Waals surface area contributed by atoms with E-state index in [4.69, 9.17) is 0 Å². The summed E-state index contributed by atoms with van der Waals surface area (Å²) in [6.45, 7) is 5.48. The van der Waals surface area contributed by atoms with Crippen molar-refractivity contribution in [1.82, 2.24) is 15.1 Å². The smallest absolute Gasteiger partial charge is 0.253 e. The quantitative estimate of drug-likeness (QED) is 0.864. The summed E-state index contributed by atoms with van der Waals surface area (Å²) in [4.78, 5) is 28.7. The molecule has 2 aromatic carbocycles. The van der Waals surface area contributed by atoms with Crippen LogP contribution in [-0.4, -0.2) is 54.3 Å². The Hall–Kier alpha value is -2.73. The van der Waals surface area contributed by atoms with Crippen molar-refractivity contribution in [2.24, 2.45) is 0 Å². The Morgan fingerprint density at radius 1 is 1.00 bits per heavy atom. The highest BCUT2D eigenvalue weighted by molar-refractivity contribution is 5.94. The van der Waals surface area contributed by atoms with E-state index in [1.165, 1.54) is 24.3 Å². The molecule has 0 saturated carbocycles. The van der Waals surface area contributed by atoms with Gasteiger partial charge in [-0.05, 0) is 48.7 Å². The maximum atomic E-state index is 13.1. The fourth-order valence-electron chi connectivity index (χ4n) is 3.37. The third kappa shape index (κ3) is 5.39. The minimum absolute atomic E-state index is 0.0124. The summed E-state index contributed by atoms with van der Waals surface area (Å²) in [5.41, 5.74) is 2.76. The van der Waals surface area contributed by atoms with Crippen molar-refractivity contribution in [3.63, 3.8) is 0 Å². The van der Waals surface area contributed by atoms with Crippen LogP contribution in [0.15, 0.2) is 48.5 Å². The first-order valence-electron chi connectivity index (χ1n) is 9.61. The molecule has 1 N–H and O–H groups in total. The van der Waals surface area contributed by atoms with Gasteiger partial charge < -0.3 is 10.2 Å². The molecule has 0 aromatic heterocycles. The van der Waals surface area contributed by atoms with Gasteiger partial charge in [-0.2, -0.15) is 0 Å². The zero-order valence-electron chi connectivity index (χ0n) is 16.2. The molecule has 2 amide bonds. The fourth-order valence-corrected chi connectivity index (χ4v) is 3.37. The van der Waals surface area contributed by atoms with Crippen LogP contribution in [0.2, 0.25) is 0 Å². The summed E-state index contributed by atoms with van der Waals surface area (Å²) >= 11 is 0. The summed E-state index contributed by atoms with van der Waals surface area (Å²) in [7, 11) is 0. The first-order valence-corrected chi connectivity index (χ1v) is 9.61. The number of carbonyl (C=O) groups excluding carboxylic acids is 2. The minimum atomic E-state index is -0.352. The highest BCUT2D eigenvalue weighted by atomic mass is 19.1. The number of aryl methyl sites for hydroxylation is 1. The van der Waals surface area contributed by atoms with Crippen LogP contribution in [0.3, 0.4) is 0 Å². The van der Waals surface area contributed by atoms with Crippen molar-refractivity contribution >= 4 is 11.8 Å². The van der Waals surface area contributed by atoms with E-state index in [1.54, 1.807) is 4.90 Å². The van der Waals surface area contributed by atoms with Crippen molar-refractivity contribution in [1.29, 1.82) is 0 Å². The molecule has 2 aromatic rings. The number of hydrogen-bond donors (Lipinski definition) is 1. The molecule has 148 valence electrons. The zero-order chi connectivity index (χ0) is 19.9. The summed E-state index contributed by atoms with van der Waals surface area (Å²) in [6, 6.07) is 13.6. The molecule has 28 heavy (non-hydrogen) atoms. The topological polar surface area (TPSA) is 52.7 Å². The molecule has 1 heterocycles. The molecule has 0 bridgehead atoms. The van der Waals surface area contributed by atoms with Gasteiger partial charge in [0, 0.05) is 38.3 Å². The SMILES string of the molecule is Cc1ccccc1CNC(=O)CN1CCCN(C(=O)c2ccc(F)cc2)CC1. The van der Waals surface area contributed by atoms with Gasteiger partial charge >= 0.3 is 0 Å². The Morgan fingerprint density at radius 2 is 1.75 bits per heavy atom. The minimum Gasteiger partial charge on any atom is -0.351 e. The molecule has 5 nitrogen and oxygen atoms in total. The van der Waals surface area contributed by atoms with E-state index in [9.17, 15) is 14.0 Å². The lowest BCUT2D eigenvalue weighted by Crippen LogP contribution is -2.40. The molecular formula is C22H26FN3O2. The maximum Gasteiger partial charge on any atom is 0.253 e. The van der Waals surface area contributed by atoms with E-state index in [1.807, 2.05) is 31.2 Å². The molecule has 1 fully saturated rings. The average molecular weight is 383 g/mol. The van der Waals surface area contributed by atoms with Crippen LogP contribution < -0.4 is 5.32 Å². The maximum absolute atomic E-state index is 13.1. The Bertz CT molecular complexity index is 823. The van der Waals surface area contributed by atoms with Crippen LogP contribution in [0, 0.1) is 12.7 Å². The molecule has 0 unspecified atom stereocenters. The molecule has 0 radical (unpaired) electrons. The first kappa shape index (κ1) is 20.0. The molecule has 1 aliphatic heterocycles. The molecular weight excluding hydrogens is 357 g/mol. The molecule has 3 rings (SSSR count). The highest BCUT2D eigenvalue weighted by Gasteiger charge is 2.21. The van der Waals surface area contributed by atoms with E-state index in [0.29, 0.717) is 38.3 Å². The van der Waals surface area contributed by atoms with E-state index in [-0.39, 0.29) is 17.6 Å². The number of rotatable bonds is 5. The third-order valence-corrected chi connectivity index (χ3v) is 5.07. The van der Waals surface area contributed by atoms with Gasteiger partial charge in [0.25, 0.3) is 5.91 Å². The number of nitrogens with one attached hydrogen (secondary N) is 1. The van der Waals surface area contributed by atoms with Gasteiger partial charge in [0.1, 0.15) is 5.82 Å². The lowest BCUT2D eigenvalue weighted by Gasteiger charge is -2.22. The van der Waals surface area contributed by atoms with Gasteiger partial charge in [-0.3, -0.25) is 14.5 Å². The van der Waals surface area contributed by atoms with Gasteiger partial charge in [-0.25, -0.2) is 4.39 Å².